The van der Waals surface area contributed by atoms with Crippen molar-refractivity contribution in [3.63, 3.8) is 0 Å². The Kier molecular flexibility index (Phi) is 2.73. The van der Waals surface area contributed by atoms with Crippen LogP contribution in [0.5, 0.6) is 0 Å². The smallest absolute Gasteiger partial charge is 0.158 e. The van der Waals surface area contributed by atoms with Crippen LogP contribution in [0.15, 0.2) is 40.8 Å². The van der Waals surface area contributed by atoms with Crippen LogP contribution in [0.3, 0.4) is 0 Å². The van der Waals surface area contributed by atoms with Gasteiger partial charge in [-0.2, -0.15) is 0 Å². The topological polar surface area (TPSA) is 16.4 Å². The zero-order chi connectivity index (χ0) is 16.6. The largest absolute Gasteiger partial charge is 0.454 e. The van der Waals surface area contributed by atoms with Gasteiger partial charge in [0.15, 0.2) is 5.58 Å². The van der Waals surface area contributed by atoms with Crippen LogP contribution in [-0.2, 0) is 0 Å². The van der Waals surface area contributed by atoms with Gasteiger partial charge >= 0.3 is 0 Å². The molecule has 1 saturated carbocycles. The van der Waals surface area contributed by atoms with Gasteiger partial charge in [0.2, 0.25) is 0 Å². The summed E-state index contributed by atoms with van der Waals surface area (Å²) in [4.78, 5) is 2.69. The lowest BCUT2D eigenvalue weighted by Crippen LogP contribution is -2.40. The fourth-order valence-corrected chi connectivity index (χ4v) is 5.72. The highest BCUT2D eigenvalue weighted by Crippen LogP contribution is 2.57. The Labute approximate surface area is 143 Å². The molecule has 0 spiro atoms. The molecule has 0 amide bonds. The van der Waals surface area contributed by atoms with Crippen molar-refractivity contribution in [2.45, 2.75) is 52.6 Å². The second-order valence-corrected chi connectivity index (χ2v) is 8.37. The van der Waals surface area contributed by atoms with Gasteiger partial charge in [-0.05, 0) is 49.7 Å². The average Bonchev–Trinajstić information content (AvgIpc) is 3.12. The van der Waals surface area contributed by atoms with Gasteiger partial charge in [-0.25, -0.2) is 0 Å². The lowest BCUT2D eigenvalue weighted by molar-refractivity contribution is 0.286. The Bertz CT molecular complexity index is 951. The highest BCUT2D eigenvalue weighted by atomic mass is 16.3. The molecular weight excluding hydrogens is 294 g/mol. The molecule has 2 fully saturated rings. The summed E-state index contributed by atoms with van der Waals surface area (Å²) in [6.07, 6.45) is 2.67. The van der Waals surface area contributed by atoms with Crippen molar-refractivity contribution in [3.8, 4) is 0 Å². The molecule has 2 nitrogen and oxygen atoms in total. The first-order chi connectivity index (χ1) is 11.5. The van der Waals surface area contributed by atoms with E-state index in [0.717, 1.165) is 17.1 Å². The first kappa shape index (κ1) is 14.4. The number of nitrogens with zero attached hydrogens (tertiary/aromatic N) is 1. The van der Waals surface area contributed by atoms with Crippen molar-refractivity contribution in [1.29, 1.82) is 0 Å². The first-order valence-electron chi connectivity index (χ1n) is 9.19. The van der Waals surface area contributed by atoms with E-state index >= 15 is 0 Å². The predicted octanol–water partition coefficient (Wildman–Crippen LogP) is 5.91. The van der Waals surface area contributed by atoms with Gasteiger partial charge in [0.1, 0.15) is 5.58 Å². The molecule has 2 aliphatic rings. The predicted molar refractivity (Wildman–Crippen MR) is 101 cm³/mol. The van der Waals surface area contributed by atoms with Gasteiger partial charge in [-0.15, -0.1) is 0 Å². The molecular formula is C22H25NO. The molecule has 2 bridgehead atoms. The summed E-state index contributed by atoms with van der Waals surface area (Å²) in [5, 5.41) is 2.48. The standard InChI is InChI=1S/C22H25NO/c1-13-9-10-16-15-7-5-6-8-18(15)24-21(16)20(13)23-14(2)17-11-12-19(23)22(17,3)4/h5-10,14,17,19H,11-12H2,1-4H3/t14-,17?,19?/m0/s1. The number of aryl methyl sites for hydroxylation is 1. The number of hydrogen-bond acceptors (Lipinski definition) is 2. The number of furan rings is 1. The third-order valence-electron chi connectivity index (χ3n) is 6.90. The number of benzene rings is 2. The van der Waals surface area contributed by atoms with Gasteiger partial charge in [-0.3, -0.25) is 0 Å². The Morgan fingerprint density at radius 2 is 1.83 bits per heavy atom. The quantitative estimate of drug-likeness (QED) is 0.554. The molecule has 124 valence electrons. The number of piperidine rings is 1. The first-order valence-corrected chi connectivity index (χ1v) is 9.19. The van der Waals surface area contributed by atoms with Gasteiger partial charge in [-0.1, -0.05) is 44.2 Å². The van der Waals surface area contributed by atoms with E-state index in [-0.39, 0.29) is 0 Å². The maximum absolute atomic E-state index is 6.36. The van der Waals surface area contributed by atoms with Crippen LogP contribution < -0.4 is 4.90 Å². The summed E-state index contributed by atoms with van der Waals surface area (Å²) in [5.41, 5.74) is 5.12. The van der Waals surface area contributed by atoms with Crippen molar-refractivity contribution >= 4 is 27.6 Å². The Morgan fingerprint density at radius 1 is 1.04 bits per heavy atom. The van der Waals surface area contributed by atoms with Crippen LogP contribution in [-0.4, -0.2) is 12.1 Å². The summed E-state index contributed by atoms with van der Waals surface area (Å²) in [7, 11) is 0. The van der Waals surface area contributed by atoms with E-state index in [0.29, 0.717) is 17.5 Å². The molecule has 1 aliphatic carbocycles. The minimum atomic E-state index is 0.389. The van der Waals surface area contributed by atoms with Crippen molar-refractivity contribution in [3.05, 3.63) is 42.0 Å². The Hall–Kier alpha value is -1.96. The van der Waals surface area contributed by atoms with Crippen molar-refractivity contribution in [2.24, 2.45) is 11.3 Å². The van der Waals surface area contributed by atoms with Crippen LogP contribution in [0.4, 0.5) is 5.69 Å². The summed E-state index contributed by atoms with van der Waals surface area (Å²) in [6, 6.07) is 14.1. The molecule has 1 aliphatic heterocycles. The van der Waals surface area contributed by atoms with E-state index < -0.39 is 0 Å². The molecule has 1 saturated heterocycles. The highest BCUT2D eigenvalue weighted by molar-refractivity contribution is 6.09. The van der Waals surface area contributed by atoms with Crippen molar-refractivity contribution in [1.82, 2.24) is 0 Å². The molecule has 3 aromatic rings. The van der Waals surface area contributed by atoms with Crippen LogP contribution in [0.25, 0.3) is 21.9 Å². The zero-order valence-corrected chi connectivity index (χ0v) is 15.0. The fraction of sp³-hybridized carbons (Fsp3) is 0.455. The SMILES string of the molecule is Cc1ccc2c(oc3ccccc32)c1N1C2CCC([C@@H]1C)C2(C)C. The number of para-hydroxylation sites is 1. The molecule has 5 rings (SSSR count). The van der Waals surface area contributed by atoms with E-state index in [2.05, 4.69) is 69.0 Å². The average molecular weight is 319 g/mol. The molecule has 3 atom stereocenters. The normalized spacial score (nSPS) is 28.3. The third kappa shape index (κ3) is 1.62. The second-order valence-electron chi connectivity index (χ2n) is 8.37. The van der Waals surface area contributed by atoms with Gasteiger partial charge in [0, 0.05) is 22.9 Å². The Balaban J connectivity index is 1.79. The van der Waals surface area contributed by atoms with Crippen molar-refractivity contribution < 1.29 is 4.42 Å². The number of hydrogen-bond donors (Lipinski definition) is 0. The van der Waals surface area contributed by atoms with Crippen LogP contribution >= 0.6 is 0 Å². The zero-order valence-electron chi connectivity index (χ0n) is 15.0. The fourth-order valence-electron chi connectivity index (χ4n) is 5.72. The van der Waals surface area contributed by atoms with Gasteiger partial charge < -0.3 is 9.32 Å². The maximum atomic E-state index is 6.36. The van der Waals surface area contributed by atoms with Gasteiger partial charge in [0.05, 0.1) is 5.69 Å². The van der Waals surface area contributed by atoms with E-state index in [9.17, 15) is 0 Å². The lowest BCUT2D eigenvalue weighted by Gasteiger charge is -2.36. The third-order valence-corrected chi connectivity index (χ3v) is 6.90. The summed E-state index contributed by atoms with van der Waals surface area (Å²) in [6.45, 7) is 9.56. The van der Waals surface area contributed by atoms with Crippen molar-refractivity contribution in [2.75, 3.05) is 4.90 Å². The molecule has 0 N–H and O–H groups in total. The second kappa shape index (κ2) is 4.56. The molecule has 2 aromatic carbocycles. The van der Waals surface area contributed by atoms with Crippen LogP contribution in [0.2, 0.25) is 0 Å². The maximum Gasteiger partial charge on any atom is 0.158 e. The van der Waals surface area contributed by atoms with E-state index in [1.54, 1.807) is 0 Å². The summed E-state index contributed by atoms with van der Waals surface area (Å²) in [5.74, 6) is 0.779. The summed E-state index contributed by atoms with van der Waals surface area (Å²) >= 11 is 0. The summed E-state index contributed by atoms with van der Waals surface area (Å²) < 4.78 is 6.36. The highest BCUT2D eigenvalue weighted by Gasteiger charge is 2.56. The molecule has 2 unspecified atom stereocenters. The molecule has 24 heavy (non-hydrogen) atoms. The van der Waals surface area contributed by atoms with E-state index in [4.69, 9.17) is 4.42 Å². The van der Waals surface area contributed by atoms with Crippen LogP contribution in [0.1, 0.15) is 39.2 Å². The Morgan fingerprint density at radius 3 is 2.58 bits per heavy atom. The minimum absolute atomic E-state index is 0.389. The van der Waals surface area contributed by atoms with Gasteiger partial charge in [0.25, 0.3) is 0 Å². The number of fused-ring (bicyclic) bond motifs is 5. The number of rotatable bonds is 1. The van der Waals surface area contributed by atoms with Crippen LogP contribution in [0, 0.1) is 18.3 Å². The lowest BCUT2D eigenvalue weighted by atomic mass is 9.80. The van der Waals surface area contributed by atoms with E-state index in [1.165, 1.54) is 34.9 Å². The minimum Gasteiger partial charge on any atom is -0.454 e. The monoisotopic (exact) mass is 319 g/mol. The molecule has 1 aromatic heterocycles. The molecule has 2 heterocycles. The van der Waals surface area contributed by atoms with E-state index in [1.807, 2.05) is 0 Å². The number of anilines is 1. The molecule has 0 radical (unpaired) electrons. The molecule has 2 heteroatoms.